The number of likely N-dealkylation sites (tertiary alicyclic amines) is 1. The van der Waals surface area contributed by atoms with Gasteiger partial charge in [-0.15, -0.1) is 11.3 Å². The first-order chi connectivity index (χ1) is 15.8. The van der Waals surface area contributed by atoms with E-state index in [1.807, 2.05) is 6.92 Å². The lowest BCUT2D eigenvalue weighted by Gasteiger charge is -2.24. The summed E-state index contributed by atoms with van der Waals surface area (Å²) in [6, 6.07) is 4.52. The minimum atomic E-state index is -4.44. The maximum Gasteiger partial charge on any atom is 0.416 e. The summed E-state index contributed by atoms with van der Waals surface area (Å²) in [6.07, 6.45) is -1.72. The molecule has 2 heterocycles. The van der Waals surface area contributed by atoms with Gasteiger partial charge >= 0.3 is 12.1 Å². The molecule has 0 N–H and O–H groups in total. The fourth-order valence-electron chi connectivity index (χ4n) is 3.26. The van der Waals surface area contributed by atoms with Crippen LogP contribution >= 0.6 is 23.1 Å². The van der Waals surface area contributed by atoms with Crippen LogP contribution in [0.1, 0.15) is 48.7 Å². The number of thiazole rings is 1. The van der Waals surface area contributed by atoms with Crippen LogP contribution in [-0.4, -0.2) is 53.3 Å². The van der Waals surface area contributed by atoms with E-state index in [1.54, 1.807) is 10.3 Å². The van der Waals surface area contributed by atoms with Gasteiger partial charge in [-0.05, 0) is 31.0 Å². The molecule has 1 atom stereocenters. The van der Waals surface area contributed by atoms with Gasteiger partial charge in [0.25, 0.3) is 0 Å². The fourth-order valence-corrected chi connectivity index (χ4v) is 5.06. The smallest absolute Gasteiger partial charge is 0.416 e. The molecule has 1 aromatic carbocycles. The number of benzene rings is 1. The first-order valence-electron chi connectivity index (χ1n) is 10.6. The average Bonchev–Trinajstić information content (AvgIpc) is 3.39. The van der Waals surface area contributed by atoms with Crippen molar-refractivity contribution < 1.29 is 32.2 Å². The molecule has 0 radical (unpaired) electrons. The van der Waals surface area contributed by atoms with E-state index in [-0.39, 0.29) is 30.0 Å². The van der Waals surface area contributed by atoms with Gasteiger partial charge in [-0.1, -0.05) is 31.2 Å². The number of nitrogens with zero attached hydrogens (tertiary/aromatic N) is 2. The third kappa shape index (κ3) is 7.36. The Morgan fingerprint density at radius 3 is 2.94 bits per heavy atom. The van der Waals surface area contributed by atoms with Crippen molar-refractivity contribution in [2.75, 3.05) is 25.5 Å². The highest BCUT2D eigenvalue weighted by molar-refractivity contribution is 8.01. The second kappa shape index (κ2) is 11.7. The molecule has 11 heteroatoms. The van der Waals surface area contributed by atoms with Crippen LogP contribution in [0.3, 0.4) is 0 Å². The molecule has 3 rings (SSSR count). The van der Waals surface area contributed by atoms with Gasteiger partial charge in [-0.25, -0.2) is 9.78 Å². The molecule has 180 valence electrons. The number of amides is 1. The highest BCUT2D eigenvalue weighted by Gasteiger charge is 2.32. The van der Waals surface area contributed by atoms with Crippen molar-refractivity contribution >= 4 is 35.0 Å². The van der Waals surface area contributed by atoms with Crippen LogP contribution in [0.15, 0.2) is 34.0 Å². The maximum atomic E-state index is 12.9. The Labute approximate surface area is 198 Å². The number of ether oxygens (including phenoxy) is 2. The largest absolute Gasteiger partial charge is 0.491 e. The van der Waals surface area contributed by atoms with Gasteiger partial charge in [0, 0.05) is 24.1 Å². The van der Waals surface area contributed by atoms with Crippen LogP contribution < -0.4 is 4.74 Å². The Kier molecular flexibility index (Phi) is 9.02. The molecular formula is C22H25F3N2O4S2. The minimum absolute atomic E-state index is 0.00688. The Morgan fingerprint density at radius 1 is 1.36 bits per heavy atom. The number of rotatable bonds is 11. The number of aromatic nitrogens is 1. The molecule has 1 saturated heterocycles. The Hall–Kier alpha value is -2.27. The molecule has 0 bridgehead atoms. The summed E-state index contributed by atoms with van der Waals surface area (Å²) in [5, 5.41) is 1.66. The third-order valence-corrected chi connectivity index (χ3v) is 7.04. The monoisotopic (exact) mass is 502 g/mol. The first-order valence-corrected chi connectivity index (χ1v) is 12.5. The molecule has 0 unspecified atom stereocenters. The normalized spacial score (nSPS) is 16.3. The predicted molar refractivity (Wildman–Crippen MR) is 120 cm³/mol. The van der Waals surface area contributed by atoms with Crippen molar-refractivity contribution in [1.82, 2.24) is 9.88 Å². The van der Waals surface area contributed by atoms with Gasteiger partial charge in [-0.2, -0.15) is 13.2 Å². The summed E-state index contributed by atoms with van der Waals surface area (Å²) in [5.74, 6) is 0.254. The van der Waals surface area contributed by atoms with E-state index in [9.17, 15) is 22.8 Å². The van der Waals surface area contributed by atoms with Crippen LogP contribution in [0.5, 0.6) is 5.75 Å². The van der Waals surface area contributed by atoms with Crippen molar-refractivity contribution in [3.63, 3.8) is 0 Å². The lowest BCUT2D eigenvalue weighted by molar-refractivity contribution is -0.137. The van der Waals surface area contributed by atoms with E-state index < -0.39 is 17.7 Å². The van der Waals surface area contributed by atoms with Crippen molar-refractivity contribution in [1.29, 1.82) is 0 Å². The van der Waals surface area contributed by atoms with E-state index >= 15 is 0 Å². The highest BCUT2D eigenvalue weighted by Crippen LogP contribution is 2.32. The lowest BCUT2D eigenvalue weighted by Crippen LogP contribution is -2.38. The molecule has 2 aromatic rings. The van der Waals surface area contributed by atoms with Crippen LogP contribution in [0, 0.1) is 0 Å². The average molecular weight is 503 g/mol. The lowest BCUT2D eigenvalue weighted by atomic mass is 10.2. The van der Waals surface area contributed by atoms with Crippen molar-refractivity contribution in [2.24, 2.45) is 0 Å². The van der Waals surface area contributed by atoms with E-state index in [0.717, 1.165) is 25.0 Å². The summed E-state index contributed by atoms with van der Waals surface area (Å²) in [5.41, 5.74) is -0.490. The highest BCUT2D eigenvalue weighted by atomic mass is 32.2. The van der Waals surface area contributed by atoms with Crippen molar-refractivity contribution in [3.05, 3.63) is 40.9 Å². The number of hydrogen-bond acceptors (Lipinski definition) is 7. The van der Waals surface area contributed by atoms with Gasteiger partial charge in [-0.3, -0.25) is 4.79 Å². The predicted octanol–water partition coefficient (Wildman–Crippen LogP) is 5.28. The van der Waals surface area contributed by atoms with Crippen molar-refractivity contribution in [2.45, 2.75) is 49.2 Å². The molecule has 6 nitrogen and oxygen atoms in total. The van der Waals surface area contributed by atoms with Gasteiger partial charge in [0.1, 0.15) is 12.4 Å². The van der Waals surface area contributed by atoms with E-state index in [0.29, 0.717) is 36.1 Å². The zero-order valence-electron chi connectivity index (χ0n) is 18.1. The molecule has 1 aliphatic heterocycles. The summed E-state index contributed by atoms with van der Waals surface area (Å²) < 4.78 is 50.1. The molecule has 0 aliphatic carbocycles. The van der Waals surface area contributed by atoms with Gasteiger partial charge in [0.05, 0.1) is 18.2 Å². The van der Waals surface area contributed by atoms with Crippen LogP contribution in [0.25, 0.3) is 0 Å². The number of unbranched alkanes of at least 4 members (excludes halogenated alkanes) is 1. The second-order valence-electron chi connectivity index (χ2n) is 7.45. The third-order valence-electron chi connectivity index (χ3n) is 5.04. The van der Waals surface area contributed by atoms with Crippen LogP contribution in [0.2, 0.25) is 0 Å². The number of carbonyl (C=O) groups is 2. The Balaban J connectivity index is 1.47. The molecule has 0 saturated carbocycles. The second-order valence-corrected chi connectivity index (χ2v) is 9.65. The van der Waals surface area contributed by atoms with Gasteiger partial charge < -0.3 is 14.4 Å². The number of thioether (sulfide) groups is 1. The van der Waals surface area contributed by atoms with Crippen molar-refractivity contribution in [3.8, 4) is 5.75 Å². The maximum absolute atomic E-state index is 12.9. The van der Waals surface area contributed by atoms with E-state index in [1.165, 1.54) is 35.2 Å². The van der Waals surface area contributed by atoms with Crippen LogP contribution in [-0.2, 0) is 15.7 Å². The fraction of sp³-hybridized carbons (Fsp3) is 0.500. The molecule has 1 fully saturated rings. The number of carbonyl (C=O) groups excluding carboxylic acids is 2. The zero-order valence-corrected chi connectivity index (χ0v) is 19.7. The number of esters is 1. The summed E-state index contributed by atoms with van der Waals surface area (Å²) in [4.78, 5) is 30.2. The molecule has 1 amide bonds. The van der Waals surface area contributed by atoms with Crippen LogP contribution in [0.4, 0.5) is 13.2 Å². The Bertz CT molecular complexity index is 952. The standard InChI is InChI=1S/C22H25F3N2O4S2/c1-2-3-10-30-20(29)18-14-33-21(26-18)32-11-9-27-16(7-8-19(27)28)13-31-17-6-4-5-15(12-17)22(23,24)25/h4-6,12,14,16H,2-3,7-11,13H2,1H3/t16-/m1/s1. The first kappa shape index (κ1) is 25.4. The van der Waals surface area contributed by atoms with E-state index in [2.05, 4.69) is 4.98 Å². The Morgan fingerprint density at radius 2 is 2.18 bits per heavy atom. The molecular weight excluding hydrogens is 477 g/mol. The quantitative estimate of drug-likeness (QED) is 0.237. The van der Waals surface area contributed by atoms with Gasteiger partial charge in [0.15, 0.2) is 10.0 Å². The summed E-state index contributed by atoms with van der Waals surface area (Å²) >= 11 is 2.78. The molecule has 0 spiro atoms. The minimum Gasteiger partial charge on any atom is -0.491 e. The SMILES string of the molecule is CCCCOC(=O)c1csc(SCCN2C(=O)CC[C@@H]2COc2cccc(C(F)(F)F)c2)n1. The summed E-state index contributed by atoms with van der Waals surface area (Å²) in [7, 11) is 0. The van der Waals surface area contributed by atoms with E-state index in [4.69, 9.17) is 9.47 Å². The number of alkyl halides is 3. The molecule has 33 heavy (non-hydrogen) atoms. The number of hydrogen-bond donors (Lipinski definition) is 0. The topological polar surface area (TPSA) is 68.7 Å². The number of halogens is 3. The zero-order chi connectivity index (χ0) is 23.8. The molecule has 1 aliphatic rings. The summed E-state index contributed by atoms with van der Waals surface area (Å²) in [6.45, 7) is 2.97. The molecule has 1 aromatic heterocycles. The van der Waals surface area contributed by atoms with Gasteiger partial charge in [0.2, 0.25) is 5.91 Å².